The minimum absolute atomic E-state index is 0.0385. The molecule has 0 radical (unpaired) electrons. The summed E-state index contributed by atoms with van der Waals surface area (Å²) >= 11 is 0. The number of hydrogen-bond acceptors (Lipinski definition) is 1. The van der Waals surface area contributed by atoms with E-state index in [0.717, 1.165) is 6.42 Å². The van der Waals surface area contributed by atoms with Crippen molar-refractivity contribution in [2.75, 3.05) is 4.90 Å². The van der Waals surface area contributed by atoms with Gasteiger partial charge in [-0.3, -0.25) is 0 Å². The van der Waals surface area contributed by atoms with Crippen LogP contribution in [0.3, 0.4) is 0 Å². The Kier molecular flexibility index (Phi) is 7.10. The molecule has 1 unspecified atom stereocenters. The van der Waals surface area contributed by atoms with Crippen molar-refractivity contribution in [1.82, 2.24) is 0 Å². The summed E-state index contributed by atoms with van der Waals surface area (Å²) in [7, 11) is 0. The minimum atomic E-state index is -0.157. The van der Waals surface area contributed by atoms with Gasteiger partial charge in [0.05, 0.1) is 5.69 Å². The topological polar surface area (TPSA) is 3.24 Å². The summed E-state index contributed by atoms with van der Waals surface area (Å²) in [5.74, 6) is 0.460. The first kappa shape index (κ1) is 32.8. The Morgan fingerprint density at radius 1 is 0.580 bits per heavy atom. The second-order valence-corrected chi connectivity index (χ2v) is 18.4. The summed E-state index contributed by atoms with van der Waals surface area (Å²) in [4.78, 5) is 2.58. The number of benzene rings is 5. The second kappa shape index (κ2) is 10.8. The van der Waals surface area contributed by atoms with E-state index in [1.165, 1.54) is 83.5 Å². The van der Waals surface area contributed by atoms with E-state index in [1.807, 2.05) is 0 Å². The first-order valence-corrected chi connectivity index (χ1v) is 18.7. The molecule has 0 N–H and O–H groups in total. The maximum atomic E-state index is 2.58. The third-order valence-electron chi connectivity index (χ3n) is 12.2. The van der Waals surface area contributed by atoms with E-state index in [-0.39, 0.29) is 21.7 Å². The molecule has 0 spiro atoms. The Morgan fingerprint density at radius 2 is 1.18 bits per heavy atom. The molecule has 0 heterocycles. The van der Waals surface area contributed by atoms with Crippen molar-refractivity contribution >= 4 is 22.1 Å². The molecule has 1 nitrogen and oxygen atoms in total. The SMILES string of the molecule is CC1CC(N(c2ccc(C(C)(C)C)cc2)c2cc3c(c4ccccc24)-c2cc4c(cc2C3(C)C)-c2ccccc2C4(C)C)=CC=C1C(C)(C)C. The van der Waals surface area contributed by atoms with Crippen LogP contribution in [0, 0.1) is 11.3 Å². The summed E-state index contributed by atoms with van der Waals surface area (Å²) in [6, 6.07) is 35.2. The van der Waals surface area contributed by atoms with E-state index in [2.05, 4.69) is 184 Å². The van der Waals surface area contributed by atoms with Crippen LogP contribution >= 0.6 is 0 Å². The van der Waals surface area contributed by atoms with E-state index < -0.39 is 0 Å². The van der Waals surface area contributed by atoms with Crippen LogP contribution in [0.15, 0.2) is 114 Å². The van der Waals surface area contributed by atoms with Crippen LogP contribution < -0.4 is 4.90 Å². The highest BCUT2D eigenvalue weighted by atomic mass is 15.2. The monoisotopic (exact) mass is 655 g/mol. The van der Waals surface area contributed by atoms with Gasteiger partial charge in [-0.05, 0) is 115 Å². The van der Waals surface area contributed by atoms with E-state index in [1.54, 1.807) is 0 Å². The molecule has 3 aliphatic rings. The summed E-state index contributed by atoms with van der Waals surface area (Å²) in [6.07, 6.45) is 5.82. The number of rotatable bonds is 3. The van der Waals surface area contributed by atoms with Crippen molar-refractivity contribution in [1.29, 1.82) is 0 Å². The number of nitrogens with zero attached hydrogens (tertiary/aromatic N) is 1. The maximum absolute atomic E-state index is 2.58. The molecule has 50 heavy (non-hydrogen) atoms. The molecule has 0 saturated carbocycles. The molecule has 0 aromatic heterocycles. The van der Waals surface area contributed by atoms with Crippen LogP contribution in [0.2, 0.25) is 0 Å². The number of hydrogen-bond donors (Lipinski definition) is 0. The Bertz CT molecular complexity index is 2260. The average Bonchev–Trinajstić information content (AvgIpc) is 3.42. The van der Waals surface area contributed by atoms with Crippen LogP contribution in [0.5, 0.6) is 0 Å². The predicted octanol–water partition coefficient (Wildman–Crippen LogP) is 13.8. The Hall–Kier alpha value is -4.36. The molecule has 5 aromatic carbocycles. The van der Waals surface area contributed by atoms with Crippen LogP contribution in [0.4, 0.5) is 11.4 Å². The van der Waals surface area contributed by atoms with E-state index >= 15 is 0 Å². The van der Waals surface area contributed by atoms with Gasteiger partial charge in [0.25, 0.3) is 0 Å². The van der Waals surface area contributed by atoms with Gasteiger partial charge in [0.2, 0.25) is 0 Å². The van der Waals surface area contributed by atoms with Crippen molar-refractivity contribution in [2.24, 2.45) is 11.3 Å². The minimum Gasteiger partial charge on any atom is -0.314 e. The van der Waals surface area contributed by atoms with Crippen LogP contribution in [0.1, 0.15) is 110 Å². The lowest BCUT2D eigenvalue weighted by molar-refractivity contribution is 0.428. The molecule has 254 valence electrons. The van der Waals surface area contributed by atoms with Crippen LogP contribution in [-0.4, -0.2) is 0 Å². The number of fused-ring (bicyclic) bond motifs is 8. The van der Waals surface area contributed by atoms with Gasteiger partial charge in [-0.15, -0.1) is 0 Å². The van der Waals surface area contributed by atoms with Gasteiger partial charge < -0.3 is 4.90 Å². The van der Waals surface area contributed by atoms with Gasteiger partial charge in [-0.1, -0.05) is 148 Å². The Labute approximate surface area is 300 Å². The largest absolute Gasteiger partial charge is 0.314 e. The summed E-state index contributed by atoms with van der Waals surface area (Å²) in [5, 5.41) is 2.64. The van der Waals surface area contributed by atoms with Gasteiger partial charge in [0.1, 0.15) is 0 Å². The van der Waals surface area contributed by atoms with Gasteiger partial charge in [0.15, 0.2) is 0 Å². The zero-order chi connectivity index (χ0) is 35.5. The summed E-state index contributed by atoms with van der Waals surface area (Å²) in [5.41, 5.74) is 18.1. The second-order valence-electron chi connectivity index (χ2n) is 18.4. The van der Waals surface area contributed by atoms with Crippen LogP contribution in [-0.2, 0) is 16.2 Å². The third kappa shape index (κ3) is 4.79. The molecule has 8 rings (SSSR count). The van der Waals surface area contributed by atoms with E-state index in [0.29, 0.717) is 5.92 Å². The molecule has 0 saturated heterocycles. The lowest BCUT2D eigenvalue weighted by atomic mass is 9.75. The van der Waals surface area contributed by atoms with Crippen LogP contribution in [0.25, 0.3) is 33.0 Å². The van der Waals surface area contributed by atoms with Gasteiger partial charge in [-0.2, -0.15) is 0 Å². The predicted molar refractivity (Wildman–Crippen MR) is 216 cm³/mol. The van der Waals surface area contributed by atoms with Crippen molar-refractivity contribution in [3.05, 3.63) is 142 Å². The van der Waals surface area contributed by atoms with Crippen molar-refractivity contribution < 1.29 is 0 Å². The lowest BCUT2D eigenvalue weighted by Crippen LogP contribution is -2.25. The first-order valence-electron chi connectivity index (χ1n) is 18.7. The molecule has 3 aliphatic carbocycles. The quantitative estimate of drug-likeness (QED) is 0.187. The number of allylic oxidation sites excluding steroid dienone is 4. The highest BCUT2D eigenvalue weighted by molar-refractivity contribution is 6.10. The standard InChI is InChI=1S/C49H53N/c1-30-26-33(24-25-39(30)47(5,6)7)50(32-22-20-31(21-23-32)46(2,3)4)44-29-43-45(36-18-13-12-17-35(36)44)38-28-41-37(27-42(38)49(43,10)11)34-16-14-15-19-40(34)48(41,8)9/h12-25,27-30H,26H2,1-11H3. The van der Waals surface area contributed by atoms with Crippen molar-refractivity contribution in [3.63, 3.8) is 0 Å². The summed E-state index contributed by atoms with van der Waals surface area (Å²) < 4.78 is 0. The fourth-order valence-electron chi connectivity index (χ4n) is 9.51. The van der Waals surface area contributed by atoms with Gasteiger partial charge >= 0.3 is 0 Å². The highest BCUT2D eigenvalue weighted by Crippen LogP contribution is 2.58. The number of anilines is 2. The average molecular weight is 656 g/mol. The Morgan fingerprint density at radius 3 is 1.84 bits per heavy atom. The normalized spacial score (nSPS) is 18.6. The molecular weight excluding hydrogens is 603 g/mol. The molecule has 5 aromatic rings. The molecular formula is C49H53N. The zero-order valence-electron chi connectivity index (χ0n) is 32.0. The molecule has 0 amide bonds. The maximum Gasteiger partial charge on any atom is 0.0540 e. The van der Waals surface area contributed by atoms with Gasteiger partial charge in [0, 0.05) is 27.6 Å². The third-order valence-corrected chi connectivity index (χ3v) is 12.2. The fraction of sp³-hybridized carbons (Fsp3) is 0.347. The first-order chi connectivity index (χ1) is 23.5. The van der Waals surface area contributed by atoms with E-state index in [9.17, 15) is 0 Å². The summed E-state index contributed by atoms with van der Waals surface area (Å²) in [6.45, 7) is 26.0. The zero-order valence-corrected chi connectivity index (χ0v) is 32.0. The molecule has 0 aliphatic heterocycles. The molecule has 0 bridgehead atoms. The van der Waals surface area contributed by atoms with Crippen molar-refractivity contribution in [2.45, 2.75) is 98.8 Å². The smallest absolute Gasteiger partial charge is 0.0540 e. The molecule has 1 atom stereocenters. The highest BCUT2D eigenvalue weighted by Gasteiger charge is 2.43. The molecule has 0 fully saturated rings. The molecule has 1 heteroatoms. The van der Waals surface area contributed by atoms with Gasteiger partial charge in [-0.25, -0.2) is 0 Å². The fourth-order valence-corrected chi connectivity index (χ4v) is 9.51. The Balaban J connectivity index is 1.38. The lowest BCUT2D eigenvalue weighted by Gasteiger charge is -2.37. The van der Waals surface area contributed by atoms with Crippen molar-refractivity contribution in [3.8, 4) is 22.3 Å². The van der Waals surface area contributed by atoms with E-state index in [4.69, 9.17) is 0 Å².